The second-order valence-corrected chi connectivity index (χ2v) is 7.29. The highest BCUT2D eigenvalue weighted by atomic mass is 19.2. The smallest absolute Gasteiger partial charge is 0.410 e. The van der Waals surface area contributed by atoms with Crippen LogP contribution in [0, 0.1) is 17.0 Å². The van der Waals surface area contributed by atoms with Crippen LogP contribution in [-0.2, 0) is 20.9 Å². The van der Waals surface area contributed by atoms with Gasteiger partial charge in [0.2, 0.25) is 0 Å². The molecule has 8 heteroatoms. The third kappa shape index (κ3) is 3.87. The Hall–Kier alpha value is -3.16. The van der Waals surface area contributed by atoms with E-state index in [2.05, 4.69) is 5.32 Å². The van der Waals surface area contributed by atoms with Gasteiger partial charge in [-0.2, -0.15) is 0 Å². The van der Waals surface area contributed by atoms with E-state index in [0.717, 1.165) is 30.5 Å². The van der Waals surface area contributed by atoms with Crippen LogP contribution in [0.25, 0.3) is 0 Å². The van der Waals surface area contributed by atoms with Gasteiger partial charge in [0, 0.05) is 17.0 Å². The number of ether oxygens (including phenoxy) is 3. The van der Waals surface area contributed by atoms with Gasteiger partial charge in [-0.3, -0.25) is 10.1 Å². The lowest BCUT2D eigenvalue weighted by atomic mass is 9.79. The van der Waals surface area contributed by atoms with Crippen molar-refractivity contribution in [3.05, 3.63) is 65.2 Å². The maximum atomic E-state index is 13.9. The van der Waals surface area contributed by atoms with Gasteiger partial charge < -0.3 is 14.2 Å². The van der Waals surface area contributed by atoms with Crippen LogP contribution in [0.3, 0.4) is 0 Å². The number of alkyl carbamates (subject to hydrolysis) is 1. The first-order chi connectivity index (χ1) is 14.0. The van der Waals surface area contributed by atoms with Gasteiger partial charge in [-0.1, -0.05) is 30.3 Å². The highest BCUT2D eigenvalue weighted by Crippen LogP contribution is 2.61. The SMILES string of the molecule is O=CO[C@@H](NC(=O)OCc1ccccc1)C1c2cc(F)c(F)cc2OCC12CC2. The summed E-state index contributed by atoms with van der Waals surface area (Å²) in [6.45, 7) is 0.512. The largest absolute Gasteiger partial charge is 0.493 e. The molecule has 6 nitrogen and oxygen atoms in total. The van der Waals surface area contributed by atoms with E-state index in [1.54, 1.807) is 12.1 Å². The molecule has 1 fully saturated rings. The van der Waals surface area contributed by atoms with Crippen molar-refractivity contribution in [3.8, 4) is 5.75 Å². The fourth-order valence-corrected chi connectivity index (χ4v) is 3.79. The number of carbonyl (C=O) groups is 2. The average Bonchev–Trinajstić information content (AvgIpc) is 3.48. The van der Waals surface area contributed by atoms with Crippen LogP contribution in [0.4, 0.5) is 13.6 Å². The normalized spacial score (nSPS) is 19.4. The summed E-state index contributed by atoms with van der Waals surface area (Å²) in [6.07, 6.45) is -0.400. The molecule has 2 aromatic rings. The summed E-state index contributed by atoms with van der Waals surface area (Å²) in [6, 6.07) is 11.1. The Bertz CT molecular complexity index is 917. The first kappa shape index (κ1) is 19.2. The van der Waals surface area contributed by atoms with Crippen molar-refractivity contribution in [1.29, 1.82) is 0 Å². The van der Waals surface area contributed by atoms with Crippen molar-refractivity contribution in [2.75, 3.05) is 6.61 Å². The molecular formula is C21H19F2NO5. The number of hydrogen-bond donors (Lipinski definition) is 1. The lowest BCUT2D eigenvalue weighted by Crippen LogP contribution is -2.47. The number of halogens is 2. The molecular weight excluding hydrogens is 384 g/mol. The minimum absolute atomic E-state index is 0.0375. The minimum Gasteiger partial charge on any atom is -0.493 e. The topological polar surface area (TPSA) is 73.9 Å². The molecule has 0 saturated heterocycles. The zero-order valence-electron chi connectivity index (χ0n) is 15.4. The summed E-state index contributed by atoms with van der Waals surface area (Å²) < 4.78 is 43.5. The lowest BCUT2D eigenvalue weighted by Gasteiger charge is -2.37. The second kappa shape index (κ2) is 7.69. The Kier molecular flexibility index (Phi) is 5.08. The third-order valence-corrected chi connectivity index (χ3v) is 5.43. The van der Waals surface area contributed by atoms with Gasteiger partial charge in [-0.15, -0.1) is 0 Å². The molecule has 0 radical (unpaired) electrons. The number of fused-ring (bicyclic) bond motifs is 1. The van der Waals surface area contributed by atoms with Crippen LogP contribution in [0.1, 0.15) is 29.9 Å². The molecule has 2 atom stereocenters. The summed E-state index contributed by atoms with van der Waals surface area (Å²) in [5.41, 5.74) is 0.725. The maximum Gasteiger partial charge on any atom is 0.410 e. The van der Waals surface area contributed by atoms with Crippen LogP contribution in [0.15, 0.2) is 42.5 Å². The molecule has 4 rings (SSSR count). The number of nitrogens with one attached hydrogen (secondary N) is 1. The second-order valence-electron chi connectivity index (χ2n) is 7.29. The summed E-state index contributed by atoms with van der Waals surface area (Å²) in [4.78, 5) is 23.4. The number of rotatable bonds is 6. The fraction of sp³-hybridized carbons (Fsp3) is 0.333. The maximum absolute atomic E-state index is 13.9. The monoisotopic (exact) mass is 403 g/mol. The van der Waals surface area contributed by atoms with E-state index in [-0.39, 0.29) is 25.4 Å². The molecule has 1 aliphatic carbocycles. The Morgan fingerprint density at radius 3 is 2.66 bits per heavy atom. The predicted molar refractivity (Wildman–Crippen MR) is 97.0 cm³/mol. The predicted octanol–water partition coefficient (Wildman–Crippen LogP) is 3.65. The van der Waals surface area contributed by atoms with E-state index in [1.165, 1.54) is 0 Å². The van der Waals surface area contributed by atoms with Gasteiger partial charge in [-0.25, -0.2) is 13.6 Å². The van der Waals surface area contributed by atoms with Crippen LogP contribution in [-0.4, -0.2) is 25.4 Å². The molecule has 152 valence electrons. The average molecular weight is 403 g/mol. The third-order valence-electron chi connectivity index (χ3n) is 5.43. The quantitative estimate of drug-likeness (QED) is 0.589. The lowest BCUT2D eigenvalue weighted by molar-refractivity contribution is -0.137. The molecule has 2 aliphatic rings. The zero-order valence-corrected chi connectivity index (χ0v) is 15.4. The summed E-state index contributed by atoms with van der Waals surface area (Å²) in [7, 11) is 0. The summed E-state index contributed by atoms with van der Waals surface area (Å²) >= 11 is 0. The first-order valence-corrected chi connectivity index (χ1v) is 9.20. The molecule has 1 heterocycles. The van der Waals surface area contributed by atoms with Gasteiger partial charge in [-0.05, 0) is 24.5 Å². The fourth-order valence-electron chi connectivity index (χ4n) is 3.79. The molecule has 0 bridgehead atoms. The van der Waals surface area contributed by atoms with E-state index < -0.39 is 35.3 Å². The van der Waals surface area contributed by atoms with E-state index in [4.69, 9.17) is 14.2 Å². The van der Waals surface area contributed by atoms with Crippen LogP contribution >= 0.6 is 0 Å². The van der Waals surface area contributed by atoms with Crippen molar-refractivity contribution < 1.29 is 32.6 Å². The minimum atomic E-state index is -1.11. The number of carbonyl (C=O) groups excluding carboxylic acids is 2. The number of benzene rings is 2. The molecule has 1 amide bonds. The first-order valence-electron chi connectivity index (χ1n) is 9.20. The molecule has 0 aromatic heterocycles. The Morgan fingerprint density at radius 2 is 1.97 bits per heavy atom. The number of hydrogen-bond acceptors (Lipinski definition) is 5. The van der Waals surface area contributed by atoms with Crippen molar-refractivity contribution in [3.63, 3.8) is 0 Å². The Labute approximate surface area is 165 Å². The molecule has 29 heavy (non-hydrogen) atoms. The van der Waals surface area contributed by atoms with E-state index in [1.807, 2.05) is 18.2 Å². The highest BCUT2D eigenvalue weighted by molar-refractivity contribution is 5.68. The standard InChI is InChI=1S/C21H19F2NO5/c22-15-8-14-17(9-16(15)23)28-11-21(6-7-21)18(14)19(29-12-25)24-20(26)27-10-13-4-2-1-3-5-13/h1-5,8-9,12,18-19H,6-7,10-11H2,(H,24,26)/t18?,19-/m1/s1. The zero-order chi connectivity index (χ0) is 20.4. The molecule has 2 aromatic carbocycles. The number of amides is 1. The summed E-state index contributed by atoms with van der Waals surface area (Å²) in [5, 5.41) is 2.54. The summed E-state index contributed by atoms with van der Waals surface area (Å²) in [5.74, 6) is -2.48. The van der Waals surface area contributed by atoms with Crippen molar-refractivity contribution in [1.82, 2.24) is 5.32 Å². The van der Waals surface area contributed by atoms with Gasteiger partial charge >= 0.3 is 6.09 Å². The van der Waals surface area contributed by atoms with Gasteiger partial charge in [0.25, 0.3) is 6.47 Å². The highest BCUT2D eigenvalue weighted by Gasteiger charge is 2.57. The Balaban J connectivity index is 1.55. The molecule has 1 aliphatic heterocycles. The van der Waals surface area contributed by atoms with Crippen molar-refractivity contribution in [2.45, 2.75) is 31.6 Å². The molecule has 1 spiro atoms. The van der Waals surface area contributed by atoms with Gasteiger partial charge in [0.05, 0.1) is 12.5 Å². The van der Waals surface area contributed by atoms with Crippen LogP contribution < -0.4 is 10.1 Å². The van der Waals surface area contributed by atoms with E-state index in [0.29, 0.717) is 5.56 Å². The van der Waals surface area contributed by atoms with E-state index >= 15 is 0 Å². The van der Waals surface area contributed by atoms with Gasteiger partial charge in [0.1, 0.15) is 12.4 Å². The van der Waals surface area contributed by atoms with Crippen LogP contribution in [0.2, 0.25) is 0 Å². The molecule has 1 unspecified atom stereocenters. The molecule has 1 N–H and O–H groups in total. The van der Waals surface area contributed by atoms with Crippen molar-refractivity contribution >= 4 is 12.6 Å². The van der Waals surface area contributed by atoms with Crippen molar-refractivity contribution in [2.24, 2.45) is 5.41 Å². The van der Waals surface area contributed by atoms with Crippen LogP contribution in [0.5, 0.6) is 5.75 Å². The Morgan fingerprint density at radius 1 is 1.24 bits per heavy atom. The van der Waals surface area contributed by atoms with Gasteiger partial charge in [0.15, 0.2) is 17.9 Å². The molecule has 1 saturated carbocycles. The van der Waals surface area contributed by atoms with E-state index in [9.17, 15) is 18.4 Å².